The zero-order valence-electron chi connectivity index (χ0n) is 9.04. The molecule has 84 valence electrons. The van der Waals surface area contributed by atoms with Crippen LogP contribution in [0, 0.1) is 0 Å². The fourth-order valence-corrected chi connectivity index (χ4v) is 0.580. The minimum atomic E-state index is 0.230. The van der Waals surface area contributed by atoms with Crippen LogP contribution in [0.25, 0.3) is 0 Å². The van der Waals surface area contributed by atoms with Gasteiger partial charge in [-0.15, -0.1) is 0 Å². The molecule has 0 saturated heterocycles. The zero-order valence-corrected chi connectivity index (χ0v) is 9.04. The van der Waals surface area contributed by atoms with Gasteiger partial charge in [0.05, 0.1) is 13.7 Å². The Morgan fingerprint density at radius 2 is 2.14 bits per heavy atom. The molecule has 0 fully saturated rings. The topological polar surface area (TPSA) is 64.6 Å². The number of ketones is 1. The van der Waals surface area contributed by atoms with Crippen LogP contribution in [0.15, 0.2) is 0 Å². The van der Waals surface area contributed by atoms with Crippen LogP contribution in [-0.4, -0.2) is 32.5 Å². The average molecular weight is 205 g/mol. The molecule has 0 aromatic carbocycles. The summed E-state index contributed by atoms with van der Waals surface area (Å²) in [6, 6.07) is 0. The first-order valence-corrected chi connectivity index (χ1v) is 4.49. The molecular formula is C9H19NO4. The van der Waals surface area contributed by atoms with Crippen LogP contribution in [0.5, 0.6) is 0 Å². The fourth-order valence-electron chi connectivity index (χ4n) is 0.580. The summed E-state index contributed by atoms with van der Waals surface area (Å²) in [5.41, 5.74) is 2.65. The summed E-state index contributed by atoms with van der Waals surface area (Å²) in [5.74, 6) is 0.230. The molecular weight excluding hydrogens is 186 g/mol. The highest BCUT2D eigenvalue weighted by atomic mass is 16.6. The van der Waals surface area contributed by atoms with E-state index in [1.54, 1.807) is 21.0 Å². The van der Waals surface area contributed by atoms with Gasteiger partial charge in [-0.1, -0.05) is 0 Å². The summed E-state index contributed by atoms with van der Waals surface area (Å²) in [6.07, 6.45) is 1.49. The van der Waals surface area contributed by atoms with Crippen molar-refractivity contribution in [3.05, 3.63) is 0 Å². The van der Waals surface area contributed by atoms with Crippen molar-refractivity contribution in [3.63, 3.8) is 0 Å². The third-order valence-electron chi connectivity index (χ3n) is 1.19. The Balaban J connectivity index is 0. The van der Waals surface area contributed by atoms with Gasteiger partial charge in [-0.05, 0) is 20.3 Å². The molecule has 14 heavy (non-hydrogen) atoms. The Kier molecular flexibility index (Phi) is 16.2. The lowest BCUT2D eigenvalue weighted by atomic mass is 10.2. The van der Waals surface area contributed by atoms with Crippen LogP contribution >= 0.6 is 0 Å². The summed E-state index contributed by atoms with van der Waals surface area (Å²) in [6.45, 7) is 5.00. The SMILES string of the molecule is CCOC=O.CONCCCC(C)=O. The van der Waals surface area contributed by atoms with Gasteiger partial charge in [0.1, 0.15) is 5.78 Å². The van der Waals surface area contributed by atoms with Gasteiger partial charge < -0.3 is 14.4 Å². The van der Waals surface area contributed by atoms with Crippen molar-refractivity contribution in [3.8, 4) is 0 Å². The maximum Gasteiger partial charge on any atom is 0.293 e. The zero-order chi connectivity index (χ0) is 11.2. The van der Waals surface area contributed by atoms with Gasteiger partial charge in [0.15, 0.2) is 0 Å². The van der Waals surface area contributed by atoms with E-state index in [2.05, 4.69) is 15.1 Å². The highest BCUT2D eigenvalue weighted by Gasteiger charge is 1.90. The molecule has 0 rings (SSSR count). The van der Waals surface area contributed by atoms with Crippen molar-refractivity contribution in [1.82, 2.24) is 5.48 Å². The van der Waals surface area contributed by atoms with Crippen molar-refractivity contribution in [1.29, 1.82) is 0 Å². The Labute approximate surface area is 84.7 Å². The van der Waals surface area contributed by atoms with Crippen LogP contribution in [0.1, 0.15) is 26.7 Å². The predicted molar refractivity (Wildman–Crippen MR) is 52.6 cm³/mol. The second kappa shape index (κ2) is 14.6. The molecule has 0 atom stereocenters. The maximum absolute atomic E-state index is 10.3. The molecule has 0 aromatic heterocycles. The van der Waals surface area contributed by atoms with Gasteiger partial charge in [0.25, 0.3) is 6.47 Å². The third kappa shape index (κ3) is 22.5. The van der Waals surface area contributed by atoms with Gasteiger partial charge in [-0.25, -0.2) is 5.48 Å². The highest BCUT2D eigenvalue weighted by molar-refractivity contribution is 5.75. The Hall–Kier alpha value is -0.940. The second-order valence-electron chi connectivity index (χ2n) is 2.46. The molecule has 0 aromatic rings. The van der Waals surface area contributed by atoms with E-state index in [1.807, 2.05) is 0 Å². The maximum atomic E-state index is 10.3. The minimum absolute atomic E-state index is 0.230. The van der Waals surface area contributed by atoms with E-state index in [9.17, 15) is 9.59 Å². The quantitative estimate of drug-likeness (QED) is 0.376. The first kappa shape index (κ1) is 15.5. The van der Waals surface area contributed by atoms with E-state index in [-0.39, 0.29) is 5.78 Å². The fraction of sp³-hybridized carbons (Fsp3) is 0.778. The molecule has 0 aliphatic carbocycles. The van der Waals surface area contributed by atoms with Crippen LogP contribution < -0.4 is 5.48 Å². The van der Waals surface area contributed by atoms with Crippen molar-refractivity contribution in [2.45, 2.75) is 26.7 Å². The van der Waals surface area contributed by atoms with E-state index >= 15 is 0 Å². The van der Waals surface area contributed by atoms with E-state index in [0.717, 1.165) is 13.0 Å². The van der Waals surface area contributed by atoms with Gasteiger partial charge >= 0.3 is 0 Å². The van der Waals surface area contributed by atoms with Crippen molar-refractivity contribution < 1.29 is 19.2 Å². The number of carbonyl (C=O) groups excluding carboxylic acids is 2. The number of hydrogen-bond donors (Lipinski definition) is 1. The molecule has 0 aliphatic heterocycles. The van der Waals surface area contributed by atoms with Crippen LogP contribution in [-0.2, 0) is 19.2 Å². The molecule has 0 aliphatic rings. The number of Topliss-reactive ketones (excluding diaryl/α,β-unsaturated/α-hetero) is 1. The van der Waals surface area contributed by atoms with E-state index in [1.165, 1.54) is 0 Å². The predicted octanol–water partition coefficient (Wildman–Crippen LogP) is 0.686. The van der Waals surface area contributed by atoms with Crippen molar-refractivity contribution in [2.75, 3.05) is 20.3 Å². The van der Waals surface area contributed by atoms with Gasteiger partial charge in [-0.2, -0.15) is 0 Å². The number of hydrogen-bond acceptors (Lipinski definition) is 5. The molecule has 0 amide bonds. The molecule has 0 heterocycles. The van der Waals surface area contributed by atoms with Gasteiger partial charge in [0.2, 0.25) is 0 Å². The molecule has 1 N–H and O–H groups in total. The van der Waals surface area contributed by atoms with Gasteiger partial charge in [-0.3, -0.25) is 4.79 Å². The summed E-state index contributed by atoms with van der Waals surface area (Å²) in [7, 11) is 1.56. The lowest BCUT2D eigenvalue weighted by Gasteiger charge is -1.97. The lowest BCUT2D eigenvalue weighted by molar-refractivity contribution is -0.128. The summed E-state index contributed by atoms with van der Waals surface area (Å²) < 4.78 is 4.15. The Morgan fingerprint density at radius 1 is 1.50 bits per heavy atom. The van der Waals surface area contributed by atoms with Crippen molar-refractivity contribution >= 4 is 12.3 Å². The summed E-state index contributed by atoms with van der Waals surface area (Å²) in [4.78, 5) is 24.1. The van der Waals surface area contributed by atoms with Crippen LogP contribution in [0.4, 0.5) is 0 Å². The first-order valence-electron chi connectivity index (χ1n) is 4.49. The molecule has 0 saturated carbocycles. The largest absolute Gasteiger partial charge is 0.468 e. The molecule has 0 unspecified atom stereocenters. The molecule has 0 radical (unpaired) electrons. The molecule has 5 heteroatoms. The molecule has 5 nitrogen and oxygen atoms in total. The van der Waals surface area contributed by atoms with E-state index < -0.39 is 0 Å². The normalized spacial score (nSPS) is 8.50. The molecule has 0 spiro atoms. The highest BCUT2D eigenvalue weighted by Crippen LogP contribution is 1.86. The lowest BCUT2D eigenvalue weighted by Crippen LogP contribution is -2.13. The number of ether oxygens (including phenoxy) is 1. The van der Waals surface area contributed by atoms with Crippen LogP contribution in [0.3, 0.4) is 0 Å². The Bertz CT molecular complexity index is 139. The van der Waals surface area contributed by atoms with E-state index in [0.29, 0.717) is 19.5 Å². The summed E-state index contributed by atoms with van der Waals surface area (Å²) >= 11 is 0. The number of rotatable bonds is 7. The van der Waals surface area contributed by atoms with Crippen molar-refractivity contribution in [2.24, 2.45) is 0 Å². The number of nitrogens with one attached hydrogen (secondary N) is 1. The first-order chi connectivity index (χ1) is 6.68. The monoisotopic (exact) mass is 205 g/mol. The second-order valence-corrected chi connectivity index (χ2v) is 2.46. The minimum Gasteiger partial charge on any atom is -0.468 e. The smallest absolute Gasteiger partial charge is 0.293 e. The Morgan fingerprint density at radius 3 is 2.43 bits per heavy atom. The average Bonchev–Trinajstić information content (AvgIpc) is 2.15. The summed E-state index contributed by atoms with van der Waals surface area (Å²) in [5, 5.41) is 0. The third-order valence-corrected chi connectivity index (χ3v) is 1.19. The molecule has 0 bridgehead atoms. The number of carbonyl (C=O) groups is 2. The standard InChI is InChI=1S/C6H13NO2.C3H6O2/c1-6(8)4-3-5-7-9-2;1-2-5-3-4/h7H,3-5H2,1-2H3;3H,2H2,1H3. The van der Waals surface area contributed by atoms with Crippen LogP contribution in [0.2, 0.25) is 0 Å². The number of hydroxylamine groups is 1. The van der Waals surface area contributed by atoms with E-state index in [4.69, 9.17) is 0 Å². The van der Waals surface area contributed by atoms with Gasteiger partial charge in [0, 0.05) is 13.0 Å².